The maximum atomic E-state index is 12.8. The van der Waals surface area contributed by atoms with Crippen LogP contribution in [0.15, 0.2) is 47.3 Å². The smallest absolute Gasteiger partial charge is 0.235 e. The Labute approximate surface area is 116 Å². The van der Waals surface area contributed by atoms with E-state index >= 15 is 0 Å². The number of carbonyl (C=O) groups is 1. The van der Waals surface area contributed by atoms with Crippen molar-refractivity contribution in [3.05, 3.63) is 48.4 Å². The number of nitrogens with zero attached hydrogens (tertiary/aromatic N) is 1. The van der Waals surface area contributed by atoms with Crippen molar-refractivity contribution in [2.45, 2.75) is 18.3 Å². The molecule has 1 N–H and O–H groups in total. The fraction of sp³-hybridized carbons (Fsp3) is 0.333. The van der Waals surface area contributed by atoms with Crippen LogP contribution in [0.5, 0.6) is 0 Å². The molecule has 2 heterocycles. The number of ether oxygens (including phenoxy) is 1. The van der Waals surface area contributed by atoms with Gasteiger partial charge in [0.05, 0.1) is 11.6 Å². The first-order valence-electron chi connectivity index (χ1n) is 6.65. The van der Waals surface area contributed by atoms with Crippen LogP contribution in [0.3, 0.4) is 0 Å². The molecule has 1 aromatic heterocycles. The van der Waals surface area contributed by atoms with E-state index in [9.17, 15) is 4.79 Å². The number of aromatic nitrogens is 1. The van der Waals surface area contributed by atoms with Gasteiger partial charge in [-0.25, -0.2) is 0 Å². The molecule has 1 aliphatic rings. The summed E-state index contributed by atoms with van der Waals surface area (Å²) >= 11 is 0. The maximum absolute atomic E-state index is 12.8. The second-order valence-corrected chi connectivity index (χ2v) is 4.93. The summed E-state index contributed by atoms with van der Waals surface area (Å²) in [6.07, 6.45) is 4.27. The summed E-state index contributed by atoms with van der Waals surface area (Å²) in [6, 6.07) is 9.87. The van der Waals surface area contributed by atoms with Crippen LogP contribution < -0.4 is 5.32 Å². The largest absolute Gasteiger partial charge is 0.381 e. The van der Waals surface area contributed by atoms with Crippen LogP contribution in [-0.4, -0.2) is 24.3 Å². The number of amides is 1. The first-order valence-corrected chi connectivity index (χ1v) is 6.65. The summed E-state index contributed by atoms with van der Waals surface area (Å²) in [6.45, 7) is 1.18. The maximum Gasteiger partial charge on any atom is 0.235 e. The van der Waals surface area contributed by atoms with Crippen molar-refractivity contribution in [1.82, 2.24) is 5.16 Å². The second-order valence-electron chi connectivity index (χ2n) is 4.93. The van der Waals surface area contributed by atoms with Gasteiger partial charge in [-0.3, -0.25) is 4.79 Å². The van der Waals surface area contributed by atoms with Crippen molar-refractivity contribution in [2.75, 3.05) is 18.5 Å². The number of anilines is 1. The molecule has 0 radical (unpaired) electrons. The molecule has 1 amide bonds. The van der Waals surface area contributed by atoms with Crippen molar-refractivity contribution in [3.63, 3.8) is 0 Å². The summed E-state index contributed by atoms with van der Waals surface area (Å²) in [7, 11) is 0. The monoisotopic (exact) mass is 272 g/mol. The molecule has 0 unspecified atom stereocenters. The average molecular weight is 272 g/mol. The Kier molecular flexibility index (Phi) is 3.52. The van der Waals surface area contributed by atoms with Crippen molar-refractivity contribution in [2.24, 2.45) is 0 Å². The Bertz CT molecular complexity index is 560. The van der Waals surface area contributed by atoms with E-state index in [-0.39, 0.29) is 5.91 Å². The highest BCUT2D eigenvalue weighted by Gasteiger charge is 2.41. The predicted octanol–water partition coefficient (Wildman–Crippen LogP) is 2.36. The van der Waals surface area contributed by atoms with Gasteiger partial charge in [0.2, 0.25) is 5.91 Å². The predicted molar refractivity (Wildman–Crippen MR) is 73.3 cm³/mol. The molecule has 0 aliphatic carbocycles. The first-order chi connectivity index (χ1) is 9.81. The summed E-state index contributed by atoms with van der Waals surface area (Å²) in [5, 5.41) is 6.48. The third kappa shape index (κ3) is 2.32. The summed E-state index contributed by atoms with van der Waals surface area (Å²) in [5.74, 6) is -0.0322. The summed E-state index contributed by atoms with van der Waals surface area (Å²) in [4.78, 5) is 12.8. The van der Waals surface area contributed by atoms with Gasteiger partial charge < -0.3 is 14.6 Å². The molecule has 0 saturated carbocycles. The van der Waals surface area contributed by atoms with E-state index in [1.54, 1.807) is 0 Å². The van der Waals surface area contributed by atoms with Crippen LogP contribution in [0.2, 0.25) is 0 Å². The van der Waals surface area contributed by atoms with E-state index in [4.69, 9.17) is 9.26 Å². The molecule has 20 heavy (non-hydrogen) atoms. The lowest BCUT2D eigenvalue weighted by atomic mass is 9.73. The molecular formula is C15H16N2O3. The Morgan fingerprint density at radius 2 is 1.95 bits per heavy atom. The molecule has 1 saturated heterocycles. The van der Waals surface area contributed by atoms with Crippen molar-refractivity contribution in [1.29, 1.82) is 0 Å². The molecule has 2 aromatic rings. The number of benzene rings is 1. The Morgan fingerprint density at radius 1 is 1.20 bits per heavy atom. The van der Waals surface area contributed by atoms with Crippen molar-refractivity contribution < 1.29 is 14.1 Å². The van der Waals surface area contributed by atoms with Gasteiger partial charge in [-0.2, -0.15) is 0 Å². The van der Waals surface area contributed by atoms with E-state index in [0.29, 0.717) is 31.7 Å². The Balaban J connectivity index is 1.91. The summed E-state index contributed by atoms with van der Waals surface area (Å²) < 4.78 is 10.2. The number of hydrogen-bond donors (Lipinski definition) is 1. The standard InChI is InChI=1S/C15H16N2O3/c18-14(17-13-10-16-20-11-13)15(6-8-19-9-7-15)12-4-2-1-3-5-12/h1-5,10-11H,6-9H2,(H,17,18). The highest BCUT2D eigenvalue weighted by molar-refractivity contribution is 5.99. The molecule has 5 heteroatoms. The van der Waals surface area contributed by atoms with Gasteiger partial charge >= 0.3 is 0 Å². The van der Waals surface area contributed by atoms with Crippen LogP contribution in [0, 0.1) is 0 Å². The van der Waals surface area contributed by atoms with E-state index in [1.807, 2.05) is 30.3 Å². The molecule has 1 aliphatic heterocycles. The van der Waals surface area contributed by atoms with Gasteiger partial charge in [-0.1, -0.05) is 35.5 Å². The van der Waals surface area contributed by atoms with Crippen molar-refractivity contribution >= 4 is 11.6 Å². The van der Waals surface area contributed by atoms with E-state index in [1.165, 1.54) is 12.5 Å². The van der Waals surface area contributed by atoms with E-state index in [0.717, 1.165) is 5.56 Å². The number of hydrogen-bond acceptors (Lipinski definition) is 4. The topological polar surface area (TPSA) is 64.4 Å². The molecule has 1 fully saturated rings. The average Bonchev–Trinajstić information content (AvgIpc) is 3.02. The van der Waals surface area contributed by atoms with Crippen LogP contribution in [0.25, 0.3) is 0 Å². The molecule has 0 spiro atoms. The number of rotatable bonds is 3. The molecule has 3 rings (SSSR count). The fourth-order valence-electron chi connectivity index (χ4n) is 2.64. The number of nitrogens with one attached hydrogen (secondary N) is 1. The van der Waals surface area contributed by atoms with Gasteiger partial charge in [-0.15, -0.1) is 0 Å². The zero-order chi connectivity index (χ0) is 13.8. The van der Waals surface area contributed by atoms with E-state index in [2.05, 4.69) is 10.5 Å². The Morgan fingerprint density at radius 3 is 2.60 bits per heavy atom. The van der Waals surface area contributed by atoms with Crippen LogP contribution in [0.4, 0.5) is 5.69 Å². The van der Waals surface area contributed by atoms with Gasteiger partial charge in [0.15, 0.2) is 0 Å². The van der Waals surface area contributed by atoms with Crippen LogP contribution in [-0.2, 0) is 14.9 Å². The normalized spacial score (nSPS) is 17.6. The molecule has 0 atom stereocenters. The first kappa shape index (κ1) is 12.9. The minimum absolute atomic E-state index is 0.0322. The Hall–Kier alpha value is -2.14. The minimum Gasteiger partial charge on any atom is -0.381 e. The zero-order valence-corrected chi connectivity index (χ0v) is 11.0. The highest BCUT2D eigenvalue weighted by Crippen LogP contribution is 2.36. The number of carbonyl (C=O) groups excluding carboxylic acids is 1. The fourth-order valence-corrected chi connectivity index (χ4v) is 2.64. The molecular weight excluding hydrogens is 256 g/mol. The lowest BCUT2D eigenvalue weighted by Crippen LogP contribution is -2.44. The lowest BCUT2D eigenvalue weighted by molar-refractivity contribution is -0.125. The van der Waals surface area contributed by atoms with Crippen LogP contribution >= 0.6 is 0 Å². The molecule has 0 bridgehead atoms. The summed E-state index contributed by atoms with van der Waals surface area (Å²) in [5.41, 5.74) is 1.06. The van der Waals surface area contributed by atoms with Gasteiger partial charge in [-0.05, 0) is 18.4 Å². The minimum atomic E-state index is -0.545. The molecule has 104 valence electrons. The lowest BCUT2D eigenvalue weighted by Gasteiger charge is -2.36. The van der Waals surface area contributed by atoms with Gasteiger partial charge in [0, 0.05) is 13.2 Å². The zero-order valence-electron chi connectivity index (χ0n) is 11.0. The van der Waals surface area contributed by atoms with Gasteiger partial charge in [0.1, 0.15) is 12.0 Å². The second kappa shape index (κ2) is 5.46. The van der Waals surface area contributed by atoms with Crippen molar-refractivity contribution in [3.8, 4) is 0 Å². The van der Waals surface area contributed by atoms with Gasteiger partial charge in [0.25, 0.3) is 0 Å². The third-order valence-electron chi connectivity index (χ3n) is 3.80. The SMILES string of the molecule is O=C(Nc1cnoc1)C1(c2ccccc2)CCOCC1. The third-order valence-corrected chi connectivity index (χ3v) is 3.80. The molecule has 5 nitrogen and oxygen atoms in total. The molecule has 1 aromatic carbocycles. The van der Waals surface area contributed by atoms with Crippen LogP contribution in [0.1, 0.15) is 18.4 Å². The quantitative estimate of drug-likeness (QED) is 0.931. The highest BCUT2D eigenvalue weighted by atomic mass is 16.5. The van der Waals surface area contributed by atoms with E-state index < -0.39 is 5.41 Å².